The van der Waals surface area contributed by atoms with E-state index in [4.69, 9.17) is 23.6 Å². The molecule has 66 heavy (non-hydrogen) atoms. The molecule has 0 spiro atoms. The second-order valence-electron chi connectivity index (χ2n) is 17.5. The normalized spacial score (nSPS) is 14.4. The molecule has 0 aromatic heterocycles. The summed E-state index contributed by atoms with van der Waals surface area (Å²) < 4.78 is 33.6. The number of rotatable bonds is 50. The standard InChI is InChI=1S/C56H99O9P/c1-3-5-7-9-11-13-15-17-19-21-23-25-26-27-29-31-33-35-37-39-41-43-45-47-49-62-52-55(53-64-66(60,61)63-51-54(58)50-57)65-56(59)48-46-44-42-40-38-36-34-32-30-28-24-22-20-18-16-14-12-10-8-6-4-2/h6,8,12,14-15,17-18,20-21,23-24,26-28,54-55,57-58H,3-5,7,9-11,13,16,19,22,25,29-53H2,1-2H3,(H,60,61)/b8-6-,14-12-,17-15-,20-18-,23-21-,27-26-,28-24-. The van der Waals surface area contributed by atoms with E-state index in [0.29, 0.717) is 13.0 Å². The van der Waals surface area contributed by atoms with E-state index in [-0.39, 0.29) is 19.6 Å². The van der Waals surface area contributed by atoms with Crippen LogP contribution in [0.1, 0.15) is 219 Å². The van der Waals surface area contributed by atoms with E-state index >= 15 is 0 Å². The summed E-state index contributed by atoms with van der Waals surface area (Å²) in [6, 6.07) is 0. The fraction of sp³-hybridized carbons (Fsp3) is 0.732. The fourth-order valence-corrected chi connectivity index (χ4v) is 7.85. The zero-order valence-electron chi connectivity index (χ0n) is 42.1. The van der Waals surface area contributed by atoms with Gasteiger partial charge in [-0.15, -0.1) is 0 Å². The largest absolute Gasteiger partial charge is 0.472 e. The number of esters is 1. The summed E-state index contributed by atoms with van der Waals surface area (Å²) in [4.78, 5) is 22.7. The molecule has 0 aliphatic rings. The molecule has 0 bridgehead atoms. The van der Waals surface area contributed by atoms with Crippen LogP contribution in [0, 0.1) is 0 Å². The lowest BCUT2D eigenvalue weighted by Crippen LogP contribution is -2.29. The molecule has 0 fully saturated rings. The van der Waals surface area contributed by atoms with E-state index in [0.717, 1.165) is 89.9 Å². The van der Waals surface area contributed by atoms with Gasteiger partial charge in [-0.3, -0.25) is 13.8 Å². The molecule has 0 aliphatic carbocycles. The van der Waals surface area contributed by atoms with Crippen LogP contribution in [0.5, 0.6) is 0 Å². The minimum Gasteiger partial charge on any atom is -0.457 e. The number of carbonyl (C=O) groups is 1. The summed E-state index contributed by atoms with van der Waals surface area (Å²) >= 11 is 0. The van der Waals surface area contributed by atoms with Gasteiger partial charge in [0.15, 0.2) is 0 Å². The van der Waals surface area contributed by atoms with Gasteiger partial charge in [-0.2, -0.15) is 0 Å². The highest BCUT2D eigenvalue weighted by atomic mass is 31.2. The third kappa shape index (κ3) is 51.0. The maximum absolute atomic E-state index is 12.7. The summed E-state index contributed by atoms with van der Waals surface area (Å²) in [5, 5.41) is 18.4. The monoisotopic (exact) mass is 947 g/mol. The number of hydrogen-bond donors (Lipinski definition) is 3. The van der Waals surface area contributed by atoms with Crippen molar-refractivity contribution in [1.29, 1.82) is 0 Å². The highest BCUT2D eigenvalue weighted by Crippen LogP contribution is 2.43. The lowest BCUT2D eigenvalue weighted by molar-refractivity contribution is -0.154. The second kappa shape index (κ2) is 52.0. The molecule has 0 aliphatic heterocycles. The van der Waals surface area contributed by atoms with Crippen LogP contribution in [0.4, 0.5) is 0 Å². The van der Waals surface area contributed by atoms with Crippen molar-refractivity contribution in [2.45, 2.75) is 232 Å². The van der Waals surface area contributed by atoms with Crippen LogP contribution in [-0.4, -0.2) is 66.3 Å². The predicted octanol–water partition coefficient (Wildman–Crippen LogP) is 15.8. The summed E-state index contributed by atoms with van der Waals surface area (Å²) in [5.74, 6) is -0.394. The average molecular weight is 947 g/mol. The van der Waals surface area contributed by atoms with Gasteiger partial charge in [-0.25, -0.2) is 4.57 Å². The highest BCUT2D eigenvalue weighted by molar-refractivity contribution is 7.47. The third-order valence-electron chi connectivity index (χ3n) is 11.1. The fourth-order valence-electron chi connectivity index (χ4n) is 7.06. The molecule has 3 atom stereocenters. The Balaban J connectivity index is 4.10. The first-order valence-corrected chi connectivity index (χ1v) is 28.1. The van der Waals surface area contributed by atoms with E-state index in [1.165, 1.54) is 103 Å². The Morgan fingerprint density at radius 3 is 1.30 bits per heavy atom. The van der Waals surface area contributed by atoms with Crippen molar-refractivity contribution >= 4 is 13.8 Å². The Morgan fingerprint density at radius 1 is 0.485 bits per heavy atom. The van der Waals surface area contributed by atoms with Gasteiger partial charge in [0.2, 0.25) is 0 Å². The average Bonchev–Trinajstić information content (AvgIpc) is 3.31. The molecule has 9 nitrogen and oxygen atoms in total. The number of phosphoric ester groups is 1. The number of aliphatic hydroxyl groups is 2. The number of aliphatic hydroxyl groups excluding tert-OH is 2. The molecular weight excluding hydrogens is 848 g/mol. The van der Waals surface area contributed by atoms with E-state index in [1.54, 1.807) is 0 Å². The molecule has 382 valence electrons. The number of carbonyl (C=O) groups excluding carboxylic acids is 1. The zero-order valence-corrected chi connectivity index (χ0v) is 43.0. The van der Waals surface area contributed by atoms with Crippen molar-refractivity contribution in [1.82, 2.24) is 0 Å². The van der Waals surface area contributed by atoms with Crippen LogP contribution in [0.15, 0.2) is 85.1 Å². The highest BCUT2D eigenvalue weighted by Gasteiger charge is 2.26. The number of allylic oxidation sites excluding steroid dienone is 14. The van der Waals surface area contributed by atoms with Gasteiger partial charge >= 0.3 is 13.8 Å². The van der Waals surface area contributed by atoms with E-state index in [1.807, 2.05) is 0 Å². The molecule has 0 amide bonds. The quantitative estimate of drug-likeness (QED) is 0.0236. The Morgan fingerprint density at radius 2 is 0.864 bits per heavy atom. The van der Waals surface area contributed by atoms with Crippen molar-refractivity contribution < 1.29 is 43.0 Å². The number of phosphoric acid groups is 1. The van der Waals surface area contributed by atoms with Gasteiger partial charge in [0.25, 0.3) is 0 Å². The minimum absolute atomic E-state index is 0.0378. The van der Waals surface area contributed by atoms with E-state index in [9.17, 15) is 19.4 Å². The third-order valence-corrected chi connectivity index (χ3v) is 12.0. The number of hydrogen-bond acceptors (Lipinski definition) is 8. The van der Waals surface area contributed by atoms with Crippen LogP contribution in [0.3, 0.4) is 0 Å². The predicted molar refractivity (Wildman–Crippen MR) is 279 cm³/mol. The van der Waals surface area contributed by atoms with Crippen molar-refractivity contribution in [3.8, 4) is 0 Å². The zero-order chi connectivity index (χ0) is 48.1. The topological polar surface area (TPSA) is 132 Å². The smallest absolute Gasteiger partial charge is 0.457 e. The summed E-state index contributed by atoms with van der Waals surface area (Å²) in [7, 11) is -4.53. The van der Waals surface area contributed by atoms with Gasteiger partial charge in [-0.1, -0.05) is 208 Å². The Labute approximate surface area is 405 Å². The van der Waals surface area contributed by atoms with Crippen molar-refractivity contribution in [3.63, 3.8) is 0 Å². The van der Waals surface area contributed by atoms with Gasteiger partial charge in [0.1, 0.15) is 12.2 Å². The SMILES string of the molecule is CC/C=C\C/C=C\C/C=C\C/C=C\CCCCCCCCCCC(=O)OC(COCCCCCCCCCCC/C=C\C/C=C\C/C=C\CCCCCCC)COP(=O)(O)OCC(O)CO. The van der Waals surface area contributed by atoms with Crippen molar-refractivity contribution in [3.05, 3.63) is 85.1 Å². The maximum atomic E-state index is 12.7. The molecule has 0 heterocycles. The minimum atomic E-state index is -4.53. The van der Waals surface area contributed by atoms with Gasteiger partial charge < -0.3 is 24.6 Å². The molecule has 0 aromatic rings. The van der Waals surface area contributed by atoms with Crippen molar-refractivity contribution in [2.24, 2.45) is 0 Å². The number of ether oxygens (including phenoxy) is 2. The molecular formula is C56H99O9P. The van der Waals surface area contributed by atoms with Gasteiger partial charge in [-0.05, 0) is 89.9 Å². The van der Waals surface area contributed by atoms with Crippen LogP contribution in [0.25, 0.3) is 0 Å². The molecule has 0 aromatic carbocycles. The molecule has 10 heteroatoms. The van der Waals surface area contributed by atoms with Gasteiger partial charge in [0.05, 0.1) is 26.4 Å². The van der Waals surface area contributed by atoms with Crippen LogP contribution in [-0.2, 0) is 27.9 Å². The maximum Gasteiger partial charge on any atom is 0.472 e. The van der Waals surface area contributed by atoms with E-state index in [2.05, 4.69) is 98.9 Å². The lowest BCUT2D eigenvalue weighted by Gasteiger charge is -2.20. The first-order chi connectivity index (χ1) is 32.3. The summed E-state index contributed by atoms with van der Waals surface area (Å²) in [5.41, 5.74) is 0. The Hall–Kier alpha value is -2.36. The Kier molecular flexibility index (Phi) is 50.2. The molecule has 3 unspecified atom stereocenters. The first kappa shape index (κ1) is 63.6. The Bertz CT molecular complexity index is 1300. The molecule has 0 radical (unpaired) electrons. The summed E-state index contributed by atoms with van der Waals surface area (Å²) in [6.45, 7) is 3.38. The van der Waals surface area contributed by atoms with Gasteiger partial charge in [0, 0.05) is 13.0 Å². The van der Waals surface area contributed by atoms with E-state index < -0.39 is 39.2 Å². The molecule has 0 saturated heterocycles. The summed E-state index contributed by atoms with van der Waals surface area (Å²) in [6.07, 6.45) is 65.5. The molecule has 0 rings (SSSR count). The van der Waals surface area contributed by atoms with Crippen LogP contribution < -0.4 is 0 Å². The van der Waals surface area contributed by atoms with Crippen LogP contribution >= 0.6 is 7.82 Å². The van der Waals surface area contributed by atoms with Crippen molar-refractivity contribution in [2.75, 3.05) is 33.0 Å². The molecule has 3 N–H and O–H groups in total. The number of unbranched alkanes of at least 4 members (excludes halogenated alkanes) is 22. The lowest BCUT2D eigenvalue weighted by atomic mass is 10.1. The molecule has 0 saturated carbocycles. The second-order valence-corrected chi connectivity index (χ2v) is 19.0. The first-order valence-electron chi connectivity index (χ1n) is 26.6. The van der Waals surface area contributed by atoms with Crippen LogP contribution in [0.2, 0.25) is 0 Å².